The Morgan fingerprint density at radius 2 is 1.83 bits per heavy atom. The third kappa shape index (κ3) is 4.66. The van der Waals surface area contributed by atoms with E-state index in [4.69, 9.17) is 21.7 Å². The molecular weight excluding hydrogens is 313 g/mol. The minimum Gasteiger partial charge on any atom is -0.471 e. The van der Waals surface area contributed by atoms with Gasteiger partial charge in [0, 0.05) is 12.0 Å². The standard InChI is InChI=1S/C18H18FNO2S/c1-12(20-18(23)13-5-6-13)21-15-7-9-16(10-8-15)22-17-4-2-3-14(19)11-17/h2-4,7-13H,5-6H2,1H3,(H,20,23). The number of ether oxygens (including phenoxy) is 2. The molecule has 1 aliphatic carbocycles. The molecule has 3 nitrogen and oxygen atoms in total. The van der Waals surface area contributed by atoms with Gasteiger partial charge in [-0.05, 0) is 56.2 Å². The largest absolute Gasteiger partial charge is 0.471 e. The fourth-order valence-electron chi connectivity index (χ4n) is 2.15. The van der Waals surface area contributed by atoms with E-state index in [0.717, 1.165) is 10.7 Å². The predicted octanol–water partition coefficient (Wildman–Crippen LogP) is 4.67. The summed E-state index contributed by atoms with van der Waals surface area (Å²) >= 11 is 5.30. The smallest absolute Gasteiger partial charge is 0.167 e. The molecule has 120 valence electrons. The zero-order valence-corrected chi connectivity index (χ0v) is 13.6. The van der Waals surface area contributed by atoms with E-state index in [1.165, 1.54) is 25.0 Å². The van der Waals surface area contributed by atoms with Crippen LogP contribution in [0.3, 0.4) is 0 Å². The summed E-state index contributed by atoms with van der Waals surface area (Å²) in [5.41, 5.74) is 0. The molecule has 0 aromatic heterocycles. The second-order valence-electron chi connectivity index (χ2n) is 5.57. The highest BCUT2D eigenvalue weighted by atomic mass is 32.1. The molecule has 5 heteroatoms. The van der Waals surface area contributed by atoms with Crippen molar-refractivity contribution in [2.45, 2.75) is 26.0 Å². The van der Waals surface area contributed by atoms with Gasteiger partial charge in [0.05, 0.1) is 4.99 Å². The molecule has 1 N–H and O–H groups in total. The predicted molar refractivity (Wildman–Crippen MR) is 91.5 cm³/mol. The highest BCUT2D eigenvalue weighted by Gasteiger charge is 2.27. The molecule has 0 bridgehead atoms. The van der Waals surface area contributed by atoms with Gasteiger partial charge >= 0.3 is 0 Å². The summed E-state index contributed by atoms with van der Waals surface area (Å²) < 4.78 is 24.5. The van der Waals surface area contributed by atoms with Gasteiger partial charge in [0.2, 0.25) is 0 Å². The van der Waals surface area contributed by atoms with Crippen LogP contribution in [0.1, 0.15) is 19.8 Å². The Balaban J connectivity index is 1.55. The zero-order chi connectivity index (χ0) is 16.2. The Kier molecular flexibility index (Phi) is 4.76. The van der Waals surface area contributed by atoms with Crippen LogP contribution in [-0.4, -0.2) is 11.2 Å². The van der Waals surface area contributed by atoms with Crippen LogP contribution in [0.4, 0.5) is 4.39 Å². The van der Waals surface area contributed by atoms with Gasteiger partial charge in [-0.15, -0.1) is 0 Å². The Labute approximate surface area is 140 Å². The Morgan fingerprint density at radius 3 is 2.48 bits per heavy atom. The van der Waals surface area contributed by atoms with Crippen molar-refractivity contribution in [3.63, 3.8) is 0 Å². The molecular formula is C18H18FNO2S. The summed E-state index contributed by atoms with van der Waals surface area (Å²) in [5.74, 6) is 2.00. The lowest BCUT2D eigenvalue weighted by Gasteiger charge is -2.18. The fraction of sp³-hybridized carbons (Fsp3) is 0.278. The van der Waals surface area contributed by atoms with Crippen molar-refractivity contribution in [3.05, 3.63) is 54.3 Å². The summed E-state index contributed by atoms with van der Waals surface area (Å²) in [6, 6.07) is 13.2. The first-order chi connectivity index (χ1) is 11.1. The number of rotatable bonds is 6. The molecule has 0 aliphatic heterocycles. The van der Waals surface area contributed by atoms with E-state index >= 15 is 0 Å². The summed E-state index contributed by atoms with van der Waals surface area (Å²) in [7, 11) is 0. The minimum atomic E-state index is -0.325. The van der Waals surface area contributed by atoms with Crippen LogP contribution in [0.25, 0.3) is 0 Å². The van der Waals surface area contributed by atoms with Crippen molar-refractivity contribution in [2.75, 3.05) is 0 Å². The monoisotopic (exact) mass is 331 g/mol. The van der Waals surface area contributed by atoms with Gasteiger partial charge in [-0.2, -0.15) is 0 Å². The molecule has 2 aromatic rings. The van der Waals surface area contributed by atoms with Crippen molar-refractivity contribution in [3.8, 4) is 17.2 Å². The molecule has 1 fully saturated rings. The van der Waals surface area contributed by atoms with Gasteiger partial charge in [0.25, 0.3) is 0 Å². The molecule has 0 spiro atoms. The minimum absolute atomic E-state index is 0.182. The number of hydrogen-bond donors (Lipinski definition) is 1. The second-order valence-corrected chi connectivity index (χ2v) is 6.01. The van der Waals surface area contributed by atoms with Crippen molar-refractivity contribution in [2.24, 2.45) is 5.92 Å². The summed E-state index contributed by atoms with van der Waals surface area (Å²) in [6.07, 6.45) is 2.16. The molecule has 1 atom stereocenters. The fourth-order valence-corrected chi connectivity index (χ4v) is 2.55. The van der Waals surface area contributed by atoms with Crippen molar-refractivity contribution in [1.82, 2.24) is 5.32 Å². The van der Waals surface area contributed by atoms with Crippen LogP contribution in [0.5, 0.6) is 17.2 Å². The summed E-state index contributed by atoms with van der Waals surface area (Å²) in [4.78, 5) is 0.878. The van der Waals surface area contributed by atoms with Crippen LogP contribution in [-0.2, 0) is 0 Å². The SMILES string of the molecule is CC(NC(=S)C1CC1)Oc1ccc(Oc2cccc(F)c2)cc1. The van der Waals surface area contributed by atoms with E-state index in [-0.39, 0.29) is 12.0 Å². The van der Waals surface area contributed by atoms with Gasteiger partial charge in [0.15, 0.2) is 6.23 Å². The molecule has 0 amide bonds. The van der Waals surface area contributed by atoms with Gasteiger partial charge in [-0.25, -0.2) is 4.39 Å². The molecule has 1 unspecified atom stereocenters. The van der Waals surface area contributed by atoms with Crippen molar-refractivity contribution >= 4 is 17.2 Å². The van der Waals surface area contributed by atoms with Crippen LogP contribution < -0.4 is 14.8 Å². The maximum Gasteiger partial charge on any atom is 0.167 e. The molecule has 2 aromatic carbocycles. The van der Waals surface area contributed by atoms with E-state index in [0.29, 0.717) is 17.4 Å². The topological polar surface area (TPSA) is 30.5 Å². The second kappa shape index (κ2) is 6.96. The number of hydrogen-bond acceptors (Lipinski definition) is 3. The molecule has 0 saturated heterocycles. The lowest BCUT2D eigenvalue weighted by molar-refractivity contribution is 0.207. The number of halogens is 1. The molecule has 3 rings (SSSR count). The summed E-state index contributed by atoms with van der Waals surface area (Å²) in [5, 5.41) is 3.19. The van der Waals surface area contributed by atoms with Gasteiger partial charge in [-0.1, -0.05) is 18.3 Å². The maximum atomic E-state index is 13.1. The van der Waals surface area contributed by atoms with Gasteiger partial charge in [0.1, 0.15) is 23.1 Å². The molecule has 23 heavy (non-hydrogen) atoms. The van der Waals surface area contributed by atoms with Gasteiger partial charge in [-0.3, -0.25) is 0 Å². The first-order valence-electron chi connectivity index (χ1n) is 7.61. The normalized spacial score (nSPS) is 14.9. The summed E-state index contributed by atoms with van der Waals surface area (Å²) in [6.45, 7) is 1.92. The lowest BCUT2D eigenvalue weighted by atomic mass is 10.3. The highest BCUT2D eigenvalue weighted by molar-refractivity contribution is 7.80. The van der Waals surface area contributed by atoms with Crippen molar-refractivity contribution < 1.29 is 13.9 Å². The number of benzene rings is 2. The third-order valence-electron chi connectivity index (χ3n) is 3.46. The van der Waals surface area contributed by atoms with E-state index in [2.05, 4.69) is 5.32 Å². The number of nitrogens with one attached hydrogen (secondary N) is 1. The number of thiocarbonyl (C=S) groups is 1. The average molecular weight is 331 g/mol. The van der Waals surface area contributed by atoms with E-state index < -0.39 is 0 Å². The Morgan fingerprint density at radius 1 is 1.13 bits per heavy atom. The van der Waals surface area contributed by atoms with E-state index in [1.807, 2.05) is 19.1 Å². The zero-order valence-electron chi connectivity index (χ0n) is 12.8. The van der Waals surface area contributed by atoms with Crippen molar-refractivity contribution in [1.29, 1.82) is 0 Å². The van der Waals surface area contributed by atoms with E-state index in [1.54, 1.807) is 24.3 Å². The molecule has 0 heterocycles. The quantitative estimate of drug-likeness (QED) is 0.615. The average Bonchev–Trinajstić information content (AvgIpc) is 3.34. The molecule has 0 radical (unpaired) electrons. The molecule has 1 aliphatic rings. The first kappa shape index (κ1) is 15.7. The van der Waals surface area contributed by atoms with E-state index in [9.17, 15) is 4.39 Å². The Bertz CT molecular complexity index is 686. The van der Waals surface area contributed by atoms with Crippen LogP contribution in [0.2, 0.25) is 0 Å². The van der Waals surface area contributed by atoms with Crippen LogP contribution in [0.15, 0.2) is 48.5 Å². The molecule has 1 saturated carbocycles. The Hall–Kier alpha value is -2.14. The van der Waals surface area contributed by atoms with Crippen LogP contribution >= 0.6 is 12.2 Å². The van der Waals surface area contributed by atoms with Gasteiger partial charge < -0.3 is 14.8 Å². The highest BCUT2D eigenvalue weighted by Crippen LogP contribution is 2.30. The van der Waals surface area contributed by atoms with Crippen LogP contribution in [0, 0.1) is 11.7 Å². The third-order valence-corrected chi connectivity index (χ3v) is 3.91. The maximum absolute atomic E-state index is 13.1. The lowest BCUT2D eigenvalue weighted by Crippen LogP contribution is -2.36. The first-order valence-corrected chi connectivity index (χ1v) is 8.01.